The Morgan fingerprint density at radius 2 is 1.41 bits per heavy atom. The SMILES string of the molecule is CCC(C)C(C(CC)OC)N(C)C(=O)CNC(=O)C1C(C)C(C)C(CC)N1C(=O)CCOCCOCCOCCOCCO. The Morgan fingerprint density at radius 3 is 1.89 bits per heavy atom. The standard InChI is InChI=1S/C32H61N3O9/c1-9-23(4)30(27(11-3)40-8)34(7)29(38)22-33-32(39)31-25(6)24(5)26(10-2)35(31)28(37)12-14-41-16-18-43-20-21-44-19-17-42-15-13-36/h23-27,30-31,36H,9-22H2,1-8H3,(H,33,39). The number of nitrogens with one attached hydrogen (secondary N) is 1. The van der Waals surface area contributed by atoms with Crippen LogP contribution in [0.2, 0.25) is 0 Å². The molecule has 0 spiro atoms. The summed E-state index contributed by atoms with van der Waals surface area (Å²) in [4.78, 5) is 43.6. The zero-order chi connectivity index (χ0) is 33.1. The quantitative estimate of drug-likeness (QED) is 0.154. The fourth-order valence-corrected chi connectivity index (χ4v) is 6.08. The summed E-state index contributed by atoms with van der Waals surface area (Å²) in [6.07, 6.45) is 2.47. The molecule has 0 aromatic rings. The predicted molar refractivity (Wildman–Crippen MR) is 168 cm³/mol. The highest BCUT2D eigenvalue weighted by atomic mass is 16.6. The van der Waals surface area contributed by atoms with Crippen LogP contribution in [0.3, 0.4) is 0 Å². The van der Waals surface area contributed by atoms with Gasteiger partial charge in [-0.1, -0.05) is 48.0 Å². The van der Waals surface area contributed by atoms with Crippen LogP contribution in [0.15, 0.2) is 0 Å². The van der Waals surface area contributed by atoms with Crippen molar-refractivity contribution in [1.82, 2.24) is 15.1 Å². The van der Waals surface area contributed by atoms with Crippen LogP contribution in [-0.2, 0) is 38.1 Å². The maximum Gasteiger partial charge on any atom is 0.243 e. The largest absolute Gasteiger partial charge is 0.394 e. The smallest absolute Gasteiger partial charge is 0.243 e. The number of aliphatic hydroxyl groups excluding tert-OH is 1. The van der Waals surface area contributed by atoms with Crippen molar-refractivity contribution in [3.8, 4) is 0 Å². The second-order valence-electron chi connectivity index (χ2n) is 11.6. The van der Waals surface area contributed by atoms with Crippen molar-refractivity contribution in [1.29, 1.82) is 0 Å². The molecule has 12 nitrogen and oxygen atoms in total. The van der Waals surface area contributed by atoms with Gasteiger partial charge in [0, 0.05) is 20.2 Å². The molecule has 0 aromatic heterocycles. The lowest BCUT2D eigenvalue weighted by Gasteiger charge is -2.37. The van der Waals surface area contributed by atoms with E-state index in [1.807, 2.05) is 20.8 Å². The molecule has 258 valence electrons. The summed E-state index contributed by atoms with van der Waals surface area (Å²) in [6, 6.07) is -0.814. The first kappa shape index (κ1) is 40.2. The molecule has 1 saturated heterocycles. The maximum atomic E-state index is 13.5. The van der Waals surface area contributed by atoms with Gasteiger partial charge >= 0.3 is 0 Å². The first-order valence-corrected chi connectivity index (χ1v) is 16.4. The van der Waals surface area contributed by atoms with Gasteiger partial charge in [0.15, 0.2) is 0 Å². The Balaban J connectivity index is 2.62. The lowest BCUT2D eigenvalue weighted by atomic mass is 9.89. The minimum absolute atomic E-state index is 0.00507. The van der Waals surface area contributed by atoms with Gasteiger partial charge in [0.2, 0.25) is 17.7 Å². The summed E-state index contributed by atoms with van der Waals surface area (Å²) < 4.78 is 27.3. The summed E-state index contributed by atoms with van der Waals surface area (Å²) in [6.45, 7) is 15.2. The number of ether oxygens (including phenoxy) is 5. The first-order chi connectivity index (χ1) is 21.1. The van der Waals surface area contributed by atoms with Gasteiger partial charge in [-0.15, -0.1) is 0 Å². The van der Waals surface area contributed by atoms with Crippen LogP contribution in [-0.4, -0.2) is 137 Å². The fraction of sp³-hybridized carbons (Fsp3) is 0.906. The molecule has 44 heavy (non-hydrogen) atoms. The van der Waals surface area contributed by atoms with E-state index < -0.39 is 6.04 Å². The van der Waals surface area contributed by atoms with Crippen LogP contribution in [0.4, 0.5) is 0 Å². The molecule has 1 heterocycles. The lowest BCUT2D eigenvalue weighted by molar-refractivity contribution is -0.143. The topological polar surface area (TPSA) is 136 Å². The lowest BCUT2D eigenvalue weighted by Crippen LogP contribution is -2.54. The number of rotatable bonds is 24. The molecule has 7 unspecified atom stereocenters. The van der Waals surface area contributed by atoms with Gasteiger partial charge in [-0.25, -0.2) is 0 Å². The zero-order valence-corrected chi connectivity index (χ0v) is 28.5. The minimum atomic E-state index is -0.648. The van der Waals surface area contributed by atoms with E-state index in [9.17, 15) is 14.4 Å². The molecular weight excluding hydrogens is 570 g/mol. The average molecular weight is 632 g/mol. The summed E-state index contributed by atoms with van der Waals surface area (Å²) >= 11 is 0. The molecule has 12 heteroatoms. The first-order valence-electron chi connectivity index (χ1n) is 16.4. The number of hydrogen-bond acceptors (Lipinski definition) is 9. The summed E-state index contributed by atoms with van der Waals surface area (Å²) in [5.74, 6) is -0.298. The van der Waals surface area contributed by atoms with Crippen molar-refractivity contribution in [2.75, 3.05) is 80.2 Å². The zero-order valence-electron chi connectivity index (χ0n) is 28.5. The van der Waals surface area contributed by atoms with E-state index in [2.05, 4.69) is 26.1 Å². The van der Waals surface area contributed by atoms with Gasteiger partial charge in [-0.2, -0.15) is 0 Å². The Morgan fingerprint density at radius 1 is 0.864 bits per heavy atom. The molecular formula is C32H61N3O9. The molecule has 1 aliphatic rings. The maximum absolute atomic E-state index is 13.5. The van der Waals surface area contributed by atoms with Crippen LogP contribution in [0.25, 0.3) is 0 Å². The Hall–Kier alpha value is -1.83. The average Bonchev–Trinajstić information content (AvgIpc) is 3.28. The molecule has 2 N–H and O–H groups in total. The number of aliphatic hydroxyl groups is 1. The number of likely N-dealkylation sites (tertiary alicyclic amines) is 1. The molecule has 1 aliphatic heterocycles. The number of methoxy groups -OCH3 is 1. The second kappa shape index (κ2) is 22.6. The van der Waals surface area contributed by atoms with Crippen LogP contribution >= 0.6 is 0 Å². The Labute approximate surface area is 265 Å². The monoisotopic (exact) mass is 631 g/mol. The van der Waals surface area contributed by atoms with E-state index in [0.717, 1.165) is 19.3 Å². The summed E-state index contributed by atoms with van der Waals surface area (Å²) in [7, 11) is 3.44. The van der Waals surface area contributed by atoms with E-state index in [1.165, 1.54) is 0 Å². The number of hydrogen-bond donors (Lipinski definition) is 2. The predicted octanol–water partition coefficient (Wildman–Crippen LogP) is 2.11. The molecule has 0 bridgehead atoms. The molecule has 3 amide bonds. The molecule has 0 aliphatic carbocycles. The van der Waals surface area contributed by atoms with E-state index >= 15 is 0 Å². The third-order valence-electron chi connectivity index (χ3n) is 8.95. The molecule has 7 atom stereocenters. The van der Waals surface area contributed by atoms with Gasteiger partial charge in [0.25, 0.3) is 0 Å². The fourth-order valence-electron chi connectivity index (χ4n) is 6.08. The number of carbonyl (C=O) groups excluding carboxylic acids is 3. The molecule has 0 aromatic carbocycles. The number of nitrogens with zero attached hydrogens (tertiary/aromatic N) is 2. The minimum Gasteiger partial charge on any atom is -0.394 e. The van der Waals surface area contributed by atoms with Crippen LogP contribution in [0.5, 0.6) is 0 Å². The Bertz CT molecular complexity index is 814. The van der Waals surface area contributed by atoms with E-state index in [4.69, 9.17) is 28.8 Å². The number of likely N-dealkylation sites (N-methyl/N-ethyl adjacent to an activating group) is 1. The summed E-state index contributed by atoms with van der Waals surface area (Å²) in [5.41, 5.74) is 0. The molecule has 1 fully saturated rings. The van der Waals surface area contributed by atoms with Crippen molar-refractivity contribution in [3.05, 3.63) is 0 Å². The van der Waals surface area contributed by atoms with Gasteiger partial charge in [-0.05, 0) is 30.6 Å². The highest BCUT2D eigenvalue weighted by Gasteiger charge is 2.49. The van der Waals surface area contributed by atoms with Crippen LogP contribution in [0, 0.1) is 17.8 Å². The van der Waals surface area contributed by atoms with Gasteiger partial charge in [0.05, 0.1) is 84.6 Å². The number of carbonyl (C=O) groups is 3. The molecule has 0 radical (unpaired) electrons. The van der Waals surface area contributed by atoms with Crippen LogP contribution in [0.1, 0.15) is 67.2 Å². The van der Waals surface area contributed by atoms with E-state index in [-0.39, 0.29) is 79.8 Å². The van der Waals surface area contributed by atoms with E-state index in [1.54, 1.807) is 24.0 Å². The van der Waals surface area contributed by atoms with Crippen LogP contribution < -0.4 is 5.32 Å². The molecule has 0 saturated carbocycles. The highest BCUT2D eigenvalue weighted by Crippen LogP contribution is 2.37. The third kappa shape index (κ3) is 12.5. The normalized spacial score (nSPS) is 22.1. The van der Waals surface area contributed by atoms with Crippen molar-refractivity contribution < 1.29 is 43.2 Å². The number of amides is 3. The van der Waals surface area contributed by atoms with Crippen molar-refractivity contribution >= 4 is 17.7 Å². The highest BCUT2D eigenvalue weighted by molar-refractivity contribution is 5.91. The van der Waals surface area contributed by atoms with Crippen molar-refractivity contribution in [2.45, 2.75) is 91.5 Å². The Kier molecular flexibility index (Phi) is 20.7. The van der Waals surface area contributed by atoms with Crippen molar-refractivity contribution in [3.63, 3.8) is 0 Å². The van der Waals surface area contributed by atoms with Crippen molar-refractivity contribution in [2.24, 2.45) is 17.8 Å². The van der Waals surface area contributed by atoms with Gasteiger partial charge in [-0.3, -0.25) is 14.4 Å². The third-order valence-corrected chi connectivity index (χ3v) is 8.95. The van der Waals surface area contributed by atoms with Gasteiger partial charge < -0.3 is 43.9 Å². The van der Waals surface area contributed by atoms with Gasteiger partial charge in [0.1, 0.15) is 6.04 Å². The summed E-state index contributed by atoms with van der Waals surface area (Å²) in [5, 5.41) is 11.5. The van der Waals surface area contributed by atoms with E-state index in [0.29, 0.717) is 46.2 Å². The second-order valence-corrected chi connectivity index (χ2v) is 11.6. The molecule has 1 rings (SSSR count).